The summed E-state index contributed by atoms with van der Waals surface area (Å²) >= 11 is 7.17. The van der Waals surface area contributed by atoms with Crippen molar-refractivity contribution in [3.8, 4) is 17.3 Å². The Morgan fingerprint density at radius 2 is 2.13 bits per heavy atom. The predicted octanol–water partition coefficient (Wildman–Crippen LogP) is 4.37. The highest BCUT2D eigenvalue weighted by molar-refractivity contribution is 7.16. The third-order valence-corrected chi connectivity index (χ3v) is 4.21. The van der Waals surface area contributed by atoms with Crippen molar-refractivity contribution in [1.82, 2.24) is 4.98 Å². The zero-order valence-corrected chi connectivity index (χ0v) is 13.3. The molecular weight excluding hydrogens is 334 g/mol. The molecular formula is C16H10ClN3O2S. The fourth-order valence-corrected chi connectivity index (χ4v) is 3.01. The van der Waals surface area contributed by atoms with Crippen molar-refractivity contribution in [2.24, 2.45) is 0 Å². The zero-order valence-electron chi connectivity index (χ0n) is 11.7. The van der Waals surface area contributed by atoms with E-state index in [2.05, 4.69) is 16.4 Å². The fourth-order valence-electron chi connectivity index (χ4n) is 1.97. The molecule has 23 heavy (non-hydrogen) atoms. The van der Waals surface area contributed by atoms with E-state index in [-0.39, 0.29) is 18.1 Å². The molecule has 114 valence electrons. The van der Waals surface area contributed by atoms with Gasteiger partial charge < -0.3 is 9.73 Å². The molecule has 0 saturated heterocycles. The SMILES string of the molecule is N#CCc1nc(-c2ccc(Cl)cc2)c(NC(=O)c2ccco2)s1. The second-order valence-electron chi connectivity index (χ2n) is 4.56. The summed E-state index contributed by atoms with van der Waals surface area (Å²) in [5.74, 6) is -0.153. The van der Waals surface area contributed by atoms with Crippen LogP contribution in [0.4, 0.5) is 5.00 Å². The third-order valence-electron chi connectivity index (χ3n) is 2.99. The second-order valence-corrected chi connectivity index (χ2v) is 6.08. The maximum absolute atomic E-state index is 12.2. The summed E-state index contributed by atoms with van der Waals surface area (Å²) in [5.41, 5.74) is 1.42. The van der Waals surface area contributed by atoms with Crippen molar-refractivity contribution in [3.63, 3.8) is 0 Å². The minimum Gasteiger partial charge on any atom is -0.459 e. The van der Waals surface area contributed by atoms with Crippen LogP contribution in [0.5, 0.6) is 0 Å². The van der Waals surface area contributed by atoms with Crippen LogP contribution in [0.15, 0.2) is 47.1 Å². The quantitative estimate of drug-likeness (QED) is 0.762. The summed E-state index contributed by atoms with van der Waals surface area (Å²) in [7, 11) is 0. The smallest absolute Gasteiger partial charge is 0.292 e. The summed E-state index contributed by atoms with van der Waals surface area (Å²) < 4.78 is 5.09. The van der Waals surface area contributed by atoms with Crippen molar-refractivity contribution in [1.29, 1.82) is 5.26 Å². The van der Waals surface area contributed by atoms with Crippen molar-refractivity contribution in [3.05, 3.63) is 58.5 Å². The number of nitrogens with one attached hydrogen (secondary N) is 1. The van der Waals surface area contributed by atoms with Crippen LogP contribution in [-0.4, -0.2) is 10.9 Å². The minimum absolute atomic E-state index is 0.182. The number of hydrogen-bond acceptors (Lipinski definition) is 5. The molecule has 0 radical (unpaired) electrons. The standard InChI is InChI=1S/C16H10ClN3O2S/c17-11-5-3-10(4-6-11)14-16(23-13(19-14)7-8-18)20-15(21)12-2-1-9-22-12/h1-6,9H,7H2,(H,20,21). The fraction of sp³-hybridized carbons (Fsp3) is 0.0625. The second kappa shape index (κ2) is 6.65. The van der Waals surface area contributed by atoms with Gasteiger partial charge in [0, 0.05) is 10.6 Å². The van der Waals surface area contributed by atoms with E-state index in [0.717, 1.165) is 5.56 Å². The average Bonchev–Trinajstić information content (AvgIpc) is 3.19. The lowest BCUT2D eigenvalue weighted by Gasteiger charge is -2.04. The first-order valence-corrected chi connectivity index (χ1v) is 7.84. The van der Waals surface area contributed by atoms with E-state index in [0.29, 0.717) is 20.7 Å². The average molecular weight is 344 g/mol. The van der Waals surface area contributed by atoms with Crippen LogP contribution in [0, 0.1) is 11.3 Å². The molecule has 2 heterocycles. The van der Waals surface area contributed by atoms with Crippen molar-refractivity contribution < 1.29 is 9.21 Å². The Balaban J connectivity index is 1.96. The van der Waals surface area contributed by atoms with E-state index in [1.165, 1.54) is 17.6 Å². The molecule has 1 N–H and O–H groups in total. The van der Waals surface area contributed by atoms with E-state index >= 15 is 0 Å². The van der Waals surface area contributed by atoms with E-state index < -0.39 is 0 Å². The number of thiazole rings is 1. The first-order chi connectivity index (χ1) is 11.2. The molecule has 0 aliphatic rings. The number of amides is 1. The molecule has 0 aliphatic carbocycles. The van der Waals surface area contributed by atoms with Gasteiger partial charge in [0.1, 0.15) is 15.7 Å². The summed E-state index contributed by atoms with van der Waals surface area (Å²) in [6.45, 7) is 0. The monoisotopic (exact) mass is 343 g/mol. The lowest BCUT2D eigenvalue weighted by Crippen LogP contribution is -2.10. The molecule has 0 atom stereocenters. The molecule has 1 aromatic carbocycles. The van der Waals surface area contributed by atoms with Crippen molar-refractivity contribution in [2.75, 3.05) is 5.32 Å². The number of furan rings is 1. The molecule has 5 nitrogen and oxygen atoms in total. The molecule has 0 aliphatic heterocycles. The number of hydrogen-bond donors (Lipinski definition) is 1. The first kappa shape index (κ1) is 15.3. The number of carbonyl (C=O) groups is 1. The molecule has 3 aromatic rings. The van der Waals surface area contributed by atoms with Crippen LogP contribution in [0.3, 0.4) is 0 Å². The van der Waals surface area contributed by atoms with E-state index in [4.69, 9.17) is 21.3 Å². The van der Waals surface area contributed by atoms with Gasteiger partial charge in [-0.1, -0.05) is 35.1 Å². The van der Waals surface area contributed by atoms with E-state index in [1.807, 2.05) is 12.1 Å². The highest BCUT2D eigenvalue weighted by Gasteiger charge is 2.17. The Morgan fingerprint density at radius 3 is 2.78 bits per heavy atom. The van der Waals surface area contributed by atoms with Crippen LogP contribution in [0.1, 0.15) is 15.6 Å². The van der Waals surface area contributed by atoms with Gasteiger partial charge in [-0.2, -0.15) is 5.26 Å². The Morgan fingerprint density at radius 1 is 1.35 bits per heavy atom. The van der Waals surface area contributed by atoms with Gasteiger partial charge in [-0.05, 0) is 24.3 Å². The van der Waals surface area contributed by atoms with Crippen LogP contribution in [0.25, 0.3) is 11.3 Å². The van der Waals surface area contributed by atoms with E-state index in [1.54, 1.807) is 24.3 Å². The number of nitrogens with zero attached hydrogens (tertiary/aromatic N) is 2. The Bertz CT molecular complexity index is 864. The highest BCUT2D eigenvalue weighted by Crippen LogP contribution is 2.34. The third kappa shape index (κ3) is 3.42. The molecule has 2 aromatic heterocycles. The topological polar surface area (TPSA) is 78.9 Å². The molecule has 0 fully saturated rings. The number of halogens is 1. The highest BCUT2D eigenvalue weighted by atomic mass is 35.5. The molecule has 3 rings (SSSR count). The van der Waals surface area contributed by atoms with Crippen LogP contribution < -0.4 is 5.32 Å². The molecule has 0 unspecified atom stereocenters. The largest absolute Gasteiger partial charge is 0.459 e. The maximum Gasteiger partial charge on any atom is 0.292 e. The molecule has 1 amide bonds. The summed E-state index contributed by atoms with van der Waals surface area (Å²) in [4.78, 5) is 16.6. The first-order valence-electron chi connectivity index (χ1n) is 6.65. The summed E-state index contributed by atoms with van der Waals surface area (Å²) in [6, 6.07) is 12.4. The van der Waals surface area contributed by atoms with Gasteiger partial charge in [-0.15, -0.1) is 0 Å². The number of carbonyl (C=O) groups excluding carboxylic acids is 1. The number of rotatable bonds is 4. The van der Waals surface area contributed by atoms with Crippen LogP contribution in [0.2, 0.25) is 5.02 Å². The van der Waals surface area contributed by atoms with Crippen molar-refractivity contribution >= 4 is 33.8 Å². The summed E-state index contributed by atoms with van der Waals surface area (Å²) in [5, 5.41) is 13.5. The summed E-state index contributed by atoms with van der Waals surface area (Å²) in [6.07, 6.45) is 1.62. The molecule has 0 spiro atoms. The predicted molar refractivity (Wildman–Crippen MR) is 88.5 cm³/mol. The molecule has 0 saturated carbocycles. The van der Waals surface area contributed by atoms with Crippen LogP contribution in [-0.2, 0) is 6.42 Å². The number of anilines is 1. The van der Waals surface area contributed by atoms with E-state index in [9.17, 15) is 4.79 Å². The minimum atomic E-state index is -0.364. The van der Waals surface area contributed by atoms with Crippen LogP contribution >= 0.6 is 22.9 Å². The molecule has 7 heteroatoms. The number of nitriles is 1. The maximum atomic E-state index is 12.2. The lowest BCUT2D eigenvalue weighted by atomic mass is 10.1. The van der Waals surface area contributed by atoms with Gasteiger partial charge in [-0.3, -0.25) is 4.79 Å². The Hall–Kier alpha value is -2.62. The normalized spacial score (nSPS) is 10.3. The van der Waals surface area contributed by atoms with Gasteiger partial charge in [0.2, 0.25) is 0 Å². The molecule has 0 bridgehead atoms. The zero-order chi connectivity index (χ0) is 16.2. The number of benzene rings is 1. The van der Waals surface area contributed by atoms with Gasteiger partial charge in [0.25, 0.3) is 5.91 Å². The van der Waals surface area contributed by atoms with Gasteiger partial charge in [0.05, 0.1) is 18.8 Å². The van der Waals surface area contributed by atoms with Gasteiger partial charge in [-0.25, -0.2) is 4.98 Å². The Kier molecular flexibility index (Phi) is 4.42. The Labute approximate surface area is 141 Å². The van der Waals surface area contributed by atoms with Crippen molar-refractivity contribution in [2.45, 2.75) is 6.42 Å². The number of aromatic nitrogens is 1. The van der Waals surface area contributed by atoms with Gasteiger partial charge in [0.15, 0.2) is 5.76 Å². The lowest BCUT2D eigenvalue weighted by molar-refractivity contribution is 0.0997. The van der Waals surface area contributed by atoms with Gasteiger partial charge >= 0.3 is 0 Å².